The SMILES string of the molecule is COC(=O)CN=C[C@@H](O[Si](C)(C)C(C)(C)C)[C@H]1[C@@H](OC)C(=O)N1Cc1ccccc1. The molecule has 0 aromatic heterocycles. The molecule has 7 nitrogen and oxygen atoms in total. The largest absolute Gasteiger partial charge is 0.468 e. The van der Waals surface area contributed by atoms with Crippen LogP contribution in [0.1, 0.15) is 26.3 Å². The fraction of sp³-hybridized carbons (Fsp3) is 0.591. The van der Waals surface area contributed by atoms with Gasteiger partial charge in [-0.25, -0.2) is 0 Å². The molecule has 30 heavy (non-hydrogen) atoms. The molecular weight excluding hydrogens is 400 g/mol. The molecule has 1 heterocycles. The third-order valence-corrected chi connectivity index (χ3v) is 10.4. The summed E-state index contributed by atoms with van der Waals surface area (Å²) in [5.41, 5.74) is 1.03. The monoisotopic (exact) mass is 434 g/mol. The van der Waals surface area contributed by atoms with Gasteiger partial charge in [0.15, 0.2) is 14.4 Å². The zero-order chi connectivity index (χ0) is 22.5. The van der Waals surface area contributed by atoms with E-state index in [4.69, 9.17) is 9.16 Å². The third-order valence-electron chi connectivity index (χ3n) is 5.92. The number of esters is 1. The zero-order valence-corrected chi connectivity index (χ0v) is 20.0. The molecule has 1 aliphatic rings. The first-order chi connectivity index (χ1) is 14.0. The number of amides is 1. The number of benzene rings is 1. The Bertz CT molecular complexity index is 761. The quantitative estimate of drug-likeness (QED) is 0.258. The van der Waals surface area contributed by atoms with Gasteiger partial charge in [0.05, 0.1) is 13.2 Å². The van der Waals surface area contributed by atoms with Gasteiger partial charge in [-0.1, -0.05) is 51.1 Å². The van der Waals surface area contributed by atoms with E-state index in [0.29, 0.717) is 6.54 Å². The zero-order valence-electron chi connectivity index (χ0n) is 19.0. The van der Waals surface area contributed by atoms with Crippen molar-refractivity contribution in [3.63, 3.8) is 0 Å². The number of methoxy groups -OCH3 is 2. The number of carbonyl (C=O) groups excluding carboxylic acids is 2. The molecule has 8 heteroatoms. The van der Waals surface area contributed by atoms with Crippen LogP contribution in [-0.2, 0) is 30.0 Å². The number of rotatable bonds is 9. The number of hydrogen-bond donors (Lipinski definition) is 0. The number of nitrogens with zero attached hydrogens (tertiary/aromatic N) is 2. The van der Waals surface area contributed by atoms with Crippen LogP contribution < -0.4 is 0 Å². The Hall–Kier alpha value is -2.03. The van der Waals surface area contributed by atoms with Crippen LogP contribution in [0.25, 0.3) is 0 Å². The summed E-state index contributed by atoms with van der Waals surface area (Å²) < 4.78 is 16.8. The lowest BCUT2D eigenvalue weighted by Crippen LogP contribution is -2.70. The van der Waals surface area contributed by atoms with Crippen LogP contribution in [0.3, 0.4) is 0 Å². The second-order valence-electron chi connectivity index (χ2n) is 9.01. The van der Waals surface area contributed by atoms with E-state index in [1.165, 1.54) is 14.2 Å². The summed E-state index contributed by atoms with van der Waals surface area (Å²) in [5.74, 6) is -0.497. The molecule has 1 saturated heterocycles. The summed E-state index contributed by atoms with van der Waals surface area (Å²) in [4.78, 5) is 30.3. The molecule has 0 N–H and O–H groups in total. The summed E-state index contributed by atoms with van der Waals surface area (Å²) >= 11 is 0. The van der Waals surface area contributed by atoms with Crippen LogP contribution in [0.4, 0.5) is 0 Å². The molecule has 1 fully saturated rings. The molecule has 0 radical (unpaired) electrons. The van der Waals surface area contributed by atoms with Gasteiger partial charge in [0, 0.05) is 19.9 Å². The van der Waals surface area contributed by atoms with E-state index in [2.05, 4.69) is 43.6 Å². The number of β-lactam (4-membered cyclic amide) rings is 1. The highest BCUT2D eigenvalue weighted by Gasteiger charge is 2.53. The highest BCUT2D eigenvalue weighted by Crippen LogP contribution is 2.39. The lowest BCUT2D eigenvalue weighted by Gasteiger charge is -2.51. The number of aliphatic imine (C=N–C) groups is 1. The van der Waals surface area contributed by atoms with Gasteiger partial charge in [-0.3, -0.25) is 14.6 Å². The molecule has 1 aromatic rings. The molecule has 1 amide bonds. The maximum atomic E-state index is 12.7. The minimum absolute atomic E-state index is 0.0258. The summed E-state index contributed by atoms with van der Waals surface area (Å²) in [6.07, 6.45) is 0.549. The van der Waals surface area contributed by atoms with Gasteiger partial charge in [0.1, 0.15) is 12.6 Å². The Morgan fingerprint density at radius 3 is 2.40 bits per heavy atom. The lowest BCUT2D eigenvalue weighted by atomic mass is 9.92. The number of likely N-dealkylation sites (tertiary alicyclic amines) is 1. The van der Waals surface area contributed by atoms with Crippen LogP contribution in [0.2, 0.25) is 18.1 Å². The predicted molar refractivity (Wildman–Crippen MR) is 119 cm³/mol. The van der Waals surface area contributed by atoms with Crippen LogP contribution in [-0.4, -0.2) is 70.3 Å². The summed E-state index contributed by atoms with van der Waals surface area (Å²) in [7, 11) is 0.675. The van der Waals surface area contributed by atoms with Crippen molar-refractivity contribution < 1.29 is 23.5 Å². The van der Waals surface area contributed by atoms with Crippen LogP contribution in [0, 0.1) is 0 Å². The second-order valence-corrected chi connectivity index (χ2v) is 13.8. The highest BCUT2D eigenvalue weighted by atomic mass is 28.4. The van der Waals surface area contributed by atoms with Crippen molar-refractivity contribution >= 4 is 26.4 Å². The van der Waals surface area contributed by atoms with Crippen molar-refractivity contribution in [1.82, 2.24) is 4.90 Å². The highest BCUT2D eigenvalue weighted by molar-refractivity contribution is 6.74. The van der Waals surface area contributed by atoms with Gasteiger partial charge in [0.25, 0.3) is 5.91 Å². The van der Waals surface area contributed by atoms with Crippen LogP contribution in [0.5, 0.6) is 0 Å². The number of carbonyl (C=O) groups is 2. The molecule has 2 rings (SSSR count). The van der Waals surface area contributed by atoms with Crippen molar-refractivity contribution in [3.05, 3.63) is 35.9 Å². The van der Waals surface area contributed by atoms with Crippen molar-refractivity contribution in [1.29, 1.82) is 0 Å². The van der Waals surface area contributed by atoms with Crippen molar-refractivity contribution in [2.24, 2.45) is 4.99 Å². The van der Waals surface area contributed by atoms with E-state index in [1.807, 2.05) is 30.3 Å². The predicted octanol–water partition coefficient (Wildman–Crippen LogP) is 3.05. The lowest BCUT2D eigenvalue weighted by molar-refractivity contribution is -0.177. The molecule has 0 bridgehead atoms. The maximum absolute atomic E-state index is 12.7. The Balaban J connectivity index is 2.32. The number of ether oxygens (including phenoxy) is 2. The van der Waals surface area contributed by atoms with Crippen molar-refractivity contribution in [2.75, 3.05) is 20.8 Å². The van der Waals surface area contributed by atoms with E-state index in [-0.39, 0.29) is 23.5 Å². The van der Waals surface area contributed by atoms with E-state index < -0.39 is 26.5 Å². The maximum Gasteiger partial charge on any atom is 0.327 e. The Morgan fingerprint density at radius 1 is 1.23 bits per heavy atom. The van der Waals surface area contributed by atoms with Gasteiger partial charge in [0.2, 0.25) is 0 Å². The Kier molecular flexibility index (Phi) is 7.96. The fourth-order valence-electron chi connectivity index (χ4n) is 3.09. The first-order valence-electron chi connectivity index (χ1n) is 10.1. The fourth-order valence-corrected chi connectivity index (χ4v) is 4.33. The molecule has 0 unspecified atom stereocenters. The van der Waals surface area contributed by atoms with Crippen molar-refractivity contribution in [2.45, 2.75) is 63.7 Å². The molecule has 0 saturated carbocycles. The first-order valence-corrected chi connectivity index (χ1v) is 13.0. The smallest absolute Gasteiger partial charge is 0.327 e. The summed E-state index contributed by atoms with van der Waals surface area (Å²) in [5, 5.41) is -0.0258. The topological polar surface area (TPSA) is 77.4 Å². The van der Waals surface area contributed by atoms with E-state index in [1.54, 1.807) is 11.1 Å². The molecular formula is C22H34N2O5Si. The van der Waals surface area contributed by atoms with Gasteiger partial charge < -0.3 is 18.8 Å². The van der Waals surface area contributed by atoms with Gasteiger partial charge in [-0.05, 0) is 23.7 Å². The Morgan fingerprint density at radius 2 is 1.87 bits per heavy atom. The normalized spacial score (nSPS) is 20.9. The van der Waals surface area contributed by atoms with Gasteiger partial charge >= 0.3 is 5.97 Å². The molecule has 166 valence electrons. The van der Waals surface area contributed by atoms with Gasteiger partial charge in [-0.2, -0.15) is 0 Å². The van der Waals surface area contributed by atoms with Gasteiger partial charge in [-0.15, -0.1) is 0 Å². The molecule has 1 aliphatic heterocycles. The summed E-state index contributed by atoms with van der Waals surface area (Å²) in [6, 6.07) is 9.49. The van der Waals surface area contributed by atoms with Crippen LogP contribution in [0.15, 0.2) is 35.3 Å². The molecule has 0 spiro atoms. The van der Waals surface area contributed by atoms with E-state index in [9.17, 15) is 9.59 Å². The standard InChI is InChI=1S/C22H34N2O5Si/c1-22(2,3)30(6,7)29-17(13-23-14-18(25)27-4)19-20(28-5)21(26)24(19)15-16-11-9-8-10-12-16/h8-13,17,19-20H,14-15H2,1-7H3/t17-,19+,20-/m1/s1. The third kappa shape index (κ3) is 5.56. The van der Waals surface area contributed by atoms with Crippen molar-refractivity contribution in [3.8, 4) is 0 Å². The molecule has 1 aromatic carbocycles. The van der Waals surface area contributed by atoms with E-state index >= 15 is 0 Å². The van der Waals surface area contributed by atoms with E-state index in [0.717, 1.165) is 5.56 Å². The molecule has 3 atom stereocenters. The first kappa shape index (κ1) is 24.2. The van der Waals surface area contributed by atoms with Crippen LogP contribution >= 0.6 is 0 Å². The summed E-state index contributed by atoms with van der Waals surface area (Å²) in [6.45, 7) is 11.1. The number of hydrogen-bond acceptors (Lipinski definition) is 6. The minimum atomic E-state index is -2.19. The minimum Gasteiger partial charge on any atom is -0.468 e. The average Bonchev–Trinajstić information content (AvgIpc) is 2.68. The average molecular weight is 435 g/mol. The Labute approximate surface area is 180 Å². The second kappa shape index (κ2) is 9.85. The molecule has 0 aliphatic carbocycles.